The standard InChI is InChI=1S/C14H16N2O2/c1-8-7-12(16(17)18)9(2)13-10-5-3-4-6-11(10)15-14(8)13/h7,15H,3-6H2,1-2H3. The van der Waals surface area contributed by atoms with Crippen molar-refractivity contribution >= 4 is 16.6 Å². The molecule has 0 saturated heterocycles. The highest BCUT2D eigenvalue weighted by Crippen LogP contribution is 2.36. The largest absolute Gasteiger partial charge is 0.358 e. The average Bonchev–Trinajstić information content (AvgIpc) is 2.73. The number of hydrogen-bond donors (Lipinski definition) is 1. The third-order valence-corrected chi connectivity index (χ3v) is 4.00. The SMILES string of the molecule is Cc1cc([N+](=O)[O-])c(C)c2c3c([nH]c12)CCCC3. The molecular formula is C14H16N2O2. The van der Waals surface area contributed by atoms with Crippen LogP contribution in [-0.4, -0.2) is 9.91 Å². The Morgan fingerprint density at radius 2 is 2.00 bits per heavy atom. The maximum absolute atomic E-state index is 11.1. The zero-order chi connectivity index (χ0) is 12.9. The lowest BCUT2D eigenvalue weighted by Crippen LogP contribution is -2.01. The molecule has 1 aliphatic rings. The van der Waals surface area contributed by atoms with Gasteiger partial charge < -0.3 is 4.98 Å². The second-order valence-corrected chi connectivity index (χ2v) is 5.13. The predicted octanol–water partition coefficient (Wildman–Crippen LogP) is 3.57. The number of hydrogen-bond acceptors (Lipinski definition) is 2. The first-order valence-corrected chi connectivity index (χ1v) is 6.37. The number of aromatic nitrogens is 1. The normalized spacial score (nSPS) is 14.8. The summed E-state index contributed by atoms with van der Waals surface area (Å²) in [6.45, 7) is 3.80. The van der Waals surface area contributed by atoms with Crippen molar-refractivity contribution in [3.8, 4) is 0 Å². The molecule has 0 spiro atoms. The molecule has 1 aliphatic carbocycles. The number of benzene rings is 1. The number of H-pyrrole nitrogens is 1. The Morgan fingerprint density at radius 1 is 1.28 bits per heavy atom. The van der Waals surface area contributed by atoms with Gasteiger partial charge in [-0.15, -0.1) is 0 Å². The highest BCUT2D eigenvalue weighted by molar-refractivity contribution is 5.93. The molecule has 0 atom stereocenters. The van der Waals surface area contributed by atoms with Crippen LogP contribution in [-0.2, 0) is 12.8 Å². The topological polar surface area (TPSA) is 58.9 Å². The smallest absolute Gasteiger partial charge is 0.273 e. The van der Waals surface area contributed by atoms with Crippen LogP contribution in [0.5, 0.6) is 0 Å². The van der Waals surface area contributed by atoms with Crippen molar-refractivity contribution in [2.75, 3.05) is 0 Å². The summed E-state index contributed by atoms with van der Waals surface area (Å²) < 4.78 is 0. The van der Waals surface area contributed by atoms with E-state index < -0.39 is 0 Å². The van der Waals surface area contributed by atoms with Crippen LogP contribution in [0.15, 0.2) is 6.07 Å². The molecular weight excluding hydrogens is 228 g/mol. The number of nitro benzene ring substituents is 1. The molecule has 0 aliphatic heterocycles. The average molecular weight is 244 g/mol. The van der Waals surface area contributed by atoms with Crippen molar-refractivity contribution in [3.63, 3.8) is 0 Å². The molecule has 1 heterocycles. The highest BCUT2D eigenvalue weighted by atomic mass is 16.6. The number of nitrogens with one attached hydrogen (secondary N) is 1. The second kappa shape index (κ2) is 3.83. The molecule has 0 radical (unpaired) electrons. The molecule has 0 bridgehead atoms. The van der Waals surface area contributed by atoms with E-state index in [1.54, 1.807) is 6.07 Å². The van der Waals surface area contributed by atoms with Crippen LogP contribution in [0.1, 0.15) is 35.2 Å². The third-order valence-electron chi connectivity index (χ3n) is 4.00. The minimum absolute atomic E-state index is 0.243. The Balaban J connectivity index is 2.40. The van der Waals surface area contributed by atoms with Crippen molar-refractivity contribution in [2.45, 2.75) is 39.5 Å². The first kappa shape index (κ1) is 11.3. The van der Waals surface area contributed by atoms with E-state index in [-0.39, 0.29) is 10.6 Å². The summed E-state index contributed by atoms with van der Waals surface area (Å²) in [4.78, 5) is 14.3. The minimum atomic E-state index is -0.274. The lowest BCUT2D eigenvalue weighted by atomic mass is 9.93. The molecule has 1 N–H and O–H groups in total. The molecule has 18 heavy (non-hydrogen) atoms. The predicted molar refractivity (Wildman–Crippen MR) is 71.1 cm³/mol. The van der Waals surface area contributed by atoms with Gasteiger partial charge in [0.05, 0.1) is 4.92 Å². The number of nitrogens with zero attached hydrogens (tertiary/aromatic N) is 1. The zero-order valence-electron chi connectivity index (χ0n) is 10.7. The van der Waals surface area contributed by atoms with E-state index in [1.165, 1.54) is 24.1 Å². The summed E-state index contributed by atoms with van der Waals surface area (Å²) in [6, 6.07) is 1.68. The number of nitro groups is 1. The van der Waals surface area contributed by atoms with Crippen LogP contribution in [0.4, 0.5) is 5.69 Å². The Hall–Kier alpha value is -1.84. The van der Waals surface area contributed by atoms with E-state index in [4.69, 9.17) is 0 Å². The van der Waals surface area contributed by atoms with Gasteiger partial charge in [0.15, 0.2) is 0 Å². The van der Waals surface area contributed by atoms with Gasteiger partial charge in [0.1, 0.15) is 0 Å². The highest BCUT2D eigenvalue weighted by Gasteiger charge is 2.23. The number of fused-ring (bicyclic) bond motifs is 3. The third kappa shape index (κ3) is 1.45. The molecule has 4 heteroatoms. The van der Waals surface area contributed by atoms with Gasteiger partial charge in [0.25, 0.3) is 5.69 Å². The van der Waals surface area contributed by atoms with Crippen molar-refractivity contribution in [1.29, 1.82) is 0 Å². The number of aromatic amines is 1. The van der Waals surface area contributed by atoms with Crippen LogP contribution >= 0.6 is 0 Å². The van der Waals surface area contributed by atoms with E-state index in [9.17, 15) is 10.1 Å². The minimum Gasteiger partial charge on any atom is -0.358 e. The Bertz CT molecular complexity index is 656. The van der Waals surface area contributed by atoms with Crippen molar-refractivity contribution in [2.24, 2.45) is 0 Å². The van der Waals surface area contributed by atoms with Gasteiger partial charge >= 0.3 is 0 Å². The van der Waals surface area contributed by atoms with E-state index in [2.05, 4.69) is 4.98 Å². The van der Waals surface area contributed by atoms with Gasteiger partial charge in [-0.3, -0.25) is 10.1 Å². The first-order chi connectivity index (χ1) is 8.59. The van der Waals surface area contributed by atoms with Crippen molar-refractivity contribution < 1.29 is 4.92 Å². The summed E-state index contributed by atoms with van der Waals surface area (Å²) in [7, 11) is 0. The second-order valence-electron chi connectivity index (χ2n) is 5.13. The van der Waals surface area contributed by atoms with Gasteiger partial charge in [0, 0.05) is 28.2 Å². The summed E-state index contributed by atoms with van der Waals surface area (Å²) >= 11 is 0. The first-order valence-electron chi connectivity index (χ1n) is 6.37. The van der Waals surface area contributed by atoms with Crippen LogP contribution in [0.2, 0.25) is 0 Å². The molecule has 0 fully saturated rings. The fraction of sp³-hybridized carbons (Fsp3) is 0.429. The number of rotatable bonds is 1. The Labute approximate surface area is 105 Å². The van der Waals surface area contributed by atoms with E-state index >= 15 is 0 Å². The summed E-state index contributed by atoms with van der Waals surface area (Å²) in [6.07, 6.45) is 4.49. The van der Waals surface area contributed by atoms with Crippen LogP contribution in [0.3, 0.4) is 0 Å². The fourth-order valence-corrected chi connectivity index (χ4v) is 3.10. The van der Waals surface area contributed by atoms with Gasteiger partial charge in [-0.05, 0) is 50.7 Å². The molecule has 94 valence electrons. The van der Waals surface area contributed by atoms with Crippen LogP contribution < -0.4 is 0 Å². The maximum Gasteiger partial charge on any atom is 0.273 e. The molecule has 1 aromatic carbocycles. The van der Waals surface area contributed by atoms with Gasteiger partial charge in [-0.2, -0.15) is 0 Å². The fourth-order valence-electron chi connectivity index (χ4n) is 3.10. The van der Waals surface area contributed by atoms with Gasteiger partial charge in [-0.1, -0.05) is 0 Å². The monoisotopic (exact) mass is 244 g/mol. The molecule has 0 unspecified atom stereocenters. The quantitative estimate of drug-likeness (QED) is 0.615. The van der Waals surface area contributed by atoms with E-state index in [0.717, 1.165) is 34.9 Å². The van der Waals surface area contributed by atoms with Crippen LogP contribution in [0.25, 0.3) is 10.9 Å². The van der Waals surface area contributed by atoms with Crippen LogP contribution in [0, 0.1) is 24.0 Å². The molecule has 4 nitrogen and oxygen atoms in total. The molecule has 0 amide bonds. The summed E-state index contributed by atoms with van der Waals surface area (Å²) in [5.74, 6) is 0. The van der Waals surface area contributed by atoms with Gasteiger partial charge in [0.2, 0.25) is 0 Å². The summed E-state index contributed by atoms with van der Waals surface area (Å²) in [5, 5.41) is 12.2. The molecule has 0 saturated carbocycles. The summed E-state index contributed by atoms with van der Waals surface area (Å²) in [5.41, 5.74) is 5.69. The van der Waals surface area contributed by atoms with E-state index in [0.29, 0.717) is 0 Å². The van der Waals surface area contributed by atoms with Crippen molar-refractivity contribution in [3.05, 3.63) is 38.6 Å². The molecule has 3 rings (SSSR count). The molecule has 1 aromatic heterocycles. The number of aryl methyl sites for hydroxylation is 4. The Morgan fingerprint density at radius 3 is 2.72 bits per heavy atom. The van der Waals surface area contributed by atoms with Gasteiger partial charge in [-0.25, -0.2) is 0 Å². The van der Waals surface area contributed by atoms with E-state index in [1.807, 2.05) is 13.8 Å². The molecule has 2 aromatic rings. The maximum atomic E-state index is 11.1. The lowest BCUT2D eigenvalue weighted by molar-refractivity contribution is -0.385. The Kier molecular flexibility index (Phi) is 2.40. The van der Waals surface area contributed by atoms with Crippen molar-refractivity contribution in [1.82, 2.24) is 4.98 Å². The zero-order valence-corrected chi connectivity index (χ0v) is 10.7. The lowest BCUT2D eigenvalue weighted by Gasteiger charge is -2.11.